The molecule has 0 unspecified atom stereocenters. The highest BCUT2D eigenvalue weighted by molar-refractivity contribution is 14.0. The number of H-pyrrole nitrogens is 1. The minimum Gasteiger partial charge on any atom is -0.385 e. The van der Waals surface area contributed by atoms with E-state index in [-0.39, 0.29) is 24.0 Å². The van der Waals surface area contributed by atoms with E-state index in [2.05, 4.69) is 62.1 Å². The number of aromatic amines is 1. The molecule has 0 atom stereocenters. The zero-order chi connectivity index (χ0) is 20.6. The van der Waals surface area contributed by atoms with Crippen LogP contribution < -0.4 is 10.6 Å². The van der Waals surface area contributed by atoms with Crippen molar-refractivity contribution in [2.45, 2.75) is 33.2 Å². The lowest BCUT2D eigenvalue weighted by Gasteiger charge is -2.12. The average molecular weight is 525 g/mol. The van der Waals surface area contributed by atoms with E-state index in [0.29, 0.717) is 6.54 Å². The Morgan fingerprint density at radius 2 is 2.00 bits per heavy atom. The number of aliphatic imine (C=N–C) groups is 1. The zero-order valence-corrected chi connectivity index (χ0v) is 20.5. The molecule has 3 rings (SSSR count). The van der Waals surface area contributed by atoms with E-state index in [9.17, 15) is 0 Å². The van der Waals surface area contributed by atoms with Crippen LogP contribution in [0.15, 0.2) is 29.4 Å². The number of para-hydroxylation sites is 1. The Hall–Kier alpha value is -2.14. The van der Waals surface area contributed by atoms with Gasteiger partial charge in [-0.25, -0.2) is 4.99 Å². The van der Waals surface area contributed by atoms with Gasteiger partial charge in [0.2, 0.25) is 0 Å². The third kappa shape index (κ3) is 6.18. The van der Waals surface area contributed by atoms with Gasteiger partial charge in [-0.2, -0.15) is 0 Å². The molecule has 30 heavy (non-hydrogen) atoms. The van der Waals surface area contributed by atoms with Crippen molar-refractivity contribution in [3.05, 3.63) is 47.2 Å². The van der Waals surface area contributed by atoms with Gasteiger partial charge in [0.05, 0.1) is 0 Å². The van der Waals surface area contributed by atoms with Crippen LogP contribution in [0.3, 0.4) is 0 Å². The molecule has 0 radical (unpaired) electrons. The molecule has 0 amide bonds. The van der Waals surface area contributed by atoms with Gasteiger partial charge in [0.15, 0.2) is 11.8 Å². The van der Waals surface area contributed by atoms with Gasteiger partial charge in [0.1, 0.15) is 12.4 Å². The van der Waals surface area contributed by atoms with Gasteiger partial charge in [0, 0.05) is 51.0 Å². The minimum atomic E-state index is 0. The molecule has 164 valence electrons. The summed E-state index contributed by atoms with van der Waals surface area (Å²) in [7, 11) is 3.67. The highest BCUT2D eigenvalue weighted by Crippen LogP contribution is 2.21. The van der Waals surface area contributed by atoms with E-state index >= 15 is 0 Å². The predicted molar refractivity (Wildman–Crippen MR) is 132 cm³/mol. The van der Waals surface area contributed by atoms with Gasteiger partial charge < -0.3 is 24.9 Å². The largest absolute Gasteiger partial charge is 0.385 e. The normalized spacial score (nSPS) is 11.5. The average Bonchev–Trinajstić information content (AvgIpc) is 3.27. The van der Waals surface area contributed by atoms with Crippen molar-refractivity contribution >= 4 is 40.8 Å². The van der Waals surface area contributed by atoms with Crippen LogP contribution in [0.1, 0.15) is 29.2 Å². The zero-order valence-electron chi connectivity index (χ0n) is 18.2. The molecule has 0 aliphatic rings. The summed E-state index contributed by atoms with van der Waals surface area (Å²) < 4.78 is 7.09. The summed E-state index contributed by atoms with van der Waals surface area (Å²) in [5.74, 6) is 2.50. The number of guanidine groups is 1. The number of methoxy groups -OCH3 is 1. The Morgan fingerprint density at radius 1 is 1.20 bits per heavy atom. The second-order valence-electron chi connectivity index (χ2n) is 7.15. The van der Waals surface area contributed by atoms with Crippen LogP contribution in [-0.2, 0) is 24.8 Å². The van der Waals surface area contributed by atoms with Crippen molar-refractivity contribution in [1.29, 1.82) is 0 Å². The van der Waals surface area contributed by atoms with E-state index in [1.165, 1.54) is 22.0 Å². The van der Waals surface area contributed by atoms with Crippen LogP contribution >= 0.6 is 24.0 Å². The fraction of sp³-hybridized carbons (Fsp3) is 0.476. The lowest BCUT2D eigenvalue weighted by Crippen LogP contribution is -2.39. The van der Waals surface area contributed by atoms with Gasteiger partial charge >= 0.3 is 0 Å². The monoisotopic (exact) mass is 525 g/mol. The van der Waals surface area contributed by atoms with Crippen LogP contribution in [0.25, 0.3) is 10.9 Å². The van der Waals surface area contributed by atoms with Gasteiger partial charge in [-0.15, -0.1) is 34.2 Å². The highest BCUT2D eigenvalue weighted by atomic mass is 127. The Bertz CT molecular complexity index is 964. The number of fused-ring (bicyclic) bond motifs is 1. The molecule has 0 spiro atoms. The maximum Gasteiger partial charge on any atom is 0.191 e. The van der Waals surface area contributed by atoms with Gasteiger partial charge in [0.25, 0.3) is 0 Å². The lowest BCUT2D eigenvalue weighted by atomic mass is 10.1. The molecular weight excluding hydrogens is 493 g/mol. The number of nitrogens with zero attached hydrogens (tertiary/aromatic N) is 4. The number of halogens is 1. The first-order valence-corrected chi connectivity index (χ1v) is 10.0. The molecular formula is C21H32IN7O. The Kier molecular flexibility index (Phi) is 9.57. The maximum absolute atomic E-state index is 5.13. The lowest BCUT2D eigenvalue weighted by molar-refractivity contribution is 0.195. The third-order valence-electron chi connectivity index (χ3n) is 5.08. The fourth-order valence-corrected chi connectivity index (χ4v) is 3.22. The van der Waals surface area contributed by atoms with Gasteiger partial charge in [-0.05, 0) is 37.8 Å². The number of ether oxygens (including phenoxy) is 1. The topological polar surface area (TPSA) is 92.2 Å². The number of aryl methyl sites for hydroxylation is 2. The molecule has 0 aliphatic carbocycles. The van der Waals surface area contributed by atoms with Crippen molar-refractivity contribution in [2.75, 3.05) is 26.8 Å². The molecule has 0 saturated heterocycles. The summed E-state index contributed by atoms with van der Waals surface area (Å²) in [6.07, 6.45) is 3.93. The number of nitrogens with one attached hydrogen (secondary N) is 3. The maximum atomic E-state index is 5.13. The van der Waals surface area contributed by atoms with Crippen molar-refractivity contribution in [3.63, 3.8) is 0 Å². The first kappa shape index (κ1) is 24.1. The standard InChI is InChI=1S/C21H31N7O.HI/c1-15-7-5-8-18-17(13-24-20(15)18)9-11-23-21(22-10-6-12-29-4)25-14-19-27-26-16(2)28(19)3;/h5,7-8,13,24H,6,9-12,14H2,1-4H3,(H2,22,23,25);1H. The Labute approximate surface area is 194 Å². The number of hydrogen-bond acceptors (Lipinski definition) is 4. The second-order valence-corrected chi connectivity index (χ2v) is 7.15. The van der Waals surface area contributed by atoms with Gasteiger partial charge in [-0.3, -0.25) is 0 Å². The Morgan fingerprint density at radius 3 is 2.73 bits per heavy atom. The third-order valence-corrected chi connectivity index (χ3v) is 5.08. The van der Waals surface area contributed by atoms with Crippen LogP contribution in [0.5, 0.6) is 0 Å². The molecule has 8 nitrogen and oxygen atoms in total. The van der Waals surface area contributed by atoms with Crippen LogP contribution in [0, 0.1) is 13.8 Å². The number of benzene rings is 1. The second kappa shape index (κ2) is 11.9. The summed E-state index contributed by atoms with van der Waals surface area (Å²) in [5.41, 5.74) is 3.79. The predicted octanol–water partition coefficient (Wildman–Crippen LogP) is 2.85. The molecule has 3 N–H and O–H groups in total. The summed E-state index contributed by atoms with van der Waals surface area (Å²) in [6.45, 7) is 6.84. The molecule has 3 aromatic rings. The summed E-state index contributed by atoms with van der Waals surface area (Å²) in [5, 5.41) is 16.4. The summed E-state index contributed by atoms with van der Waals surface area (Å²) >= 11 is 0. The molecule has 1 aromatic carbocycles. The van der Waals surface area contributed by atoms with Crippen LogP contribution in [0.4, 0.5) is 0 Å². The summed E-state index contributed by atoms with van der Waals surface area (Å²) in [4.78, 5) is 8.08. The number of rotatable bonds is 9. The SMILES string of the molecule is COCCCNC(=NCc1nnc(C)n1C)NCCc1c[nH]c2c(C)cccc12.I. The van der Waals surface area contributed by atoms with E-state index in [1.807, 2.05) is 18.5 Å². The molecule has 9 heteroatoms. The molecule has 0 saturated carbocycles. The smallest absolute Gasteiger partial charge is 0.191 e. The first-order valence-electron chi connectivity index (χ1n) is 10.0. The van der Waals surface area contributed by atoms with Crippen molar-refractivity contribution in [3.8, 4) is 0 Å². The summed E-state index contributed by atoms with van der Waals surface area (Å²) in [6, 6.07) is 6.40. The fourth-order valence-electron chi connectivity index (χ4n) is 3.22. The van der Waals surface area contributed by atoms with E-state index in [4.69, 9.17) is 4.74 Å². The highest BCUT2D eigenvalue weighted by Gasteiger charge is 2.07. The van der Waals surface area contributed by atoms with Gasteiger partial charge in [-0.1, -0.05) is 18.2 Å². The van der Waals surface area contributed by atoms with Crippen LogP contribution in [0.2, 0.25) is 0 Å². The molecule has 2 heterocycles. The molecule has 0 aliphatic heterocycles. The Balaban J connectivity index is 0.00000320. The van der Waals surface area contributed by atoms with Crippen LogP contribution in [-0.4, -0.2) is 52.5 Å². The van der Waals surface area contributed by atoms with Crippen molar-refractivity contribution < 1.29 is 4.74 Å². The first-order chi connectivity index (χ1) is 14.1. The van der Waals surface area contributed by atoms with E-state index in [0.717, 1.165) is 50.1 Å². The minimum absolute atomic E-state index is 0. The molecule has 0 bridgehead atoms. The van der Waals surface area contributed by atoms with Crippen molar-refractivity contribution in [1.82, 2.24) is 30.4 Å². The quantitative estimate of drug-likeness (QED) is 0.173. The molecule has 0 fully saturated rings. The van der Waals surface area contributed by atoms with E-state index < -0.39 is 0 Å². The van der Waals surface area contributed by atoms with Crippen molar-refractivity contribution in [2.24, 2.45) is 12.0 Å². The number of hydrogen-bond donors (Lipinski definition) is 3. The van der Waals surface area contributed by atoms with E-state index in [1.54, 1.807) is 7.11 Å². The number of aromatic nitrogens is 4. The molecule has 2 aromatic heterocycles.